The molecule has 3 amide bonds. The molecule has 3 rings (SSSR count). The minimum atomic E-state index is -1.08. The van der Waals surface area contributed by atoms with Crippen molar-refractivity contribution in [3.63, 3.8) is 0 Å². The summed E-state index contributed by atoms with van der Waals surface area (Å²) < 4.78 is 0. The lowest BCUT2D eigenvalue weighted by molar-refractivity contribution is -0.126. The normalized spacial score (nSPS) is 19.4. The van der Waals surface area contributed by atoms with Crippen molar-refractivity contribution >= 4 is 23.5 Å². The molecule has 0 bridgehead atoms. The molecule has 1 aliphatic carbocycles. The molecule has 2 aliphatic rings. The lowest BCUT2D eigenvalue weighted by Gasteiger charge is -2.26. The molecule has 0 spiro atoms. The number of hydrogen-bond acceptors (Lipinski definition) is 4. The minimum Gasteiger partial charge on any atom is -0.368 e. The molecular weight excluding hydrogens is 296 g/mol. The second kappa shape index (κ2) is 5.30. The Morgan fingerprint density at radius 1 is 1.17 bits per heavy atom. The fourth-order valence-electron chi connectivity index (χ4n) is 3.30. The maximum atomic E-state index is 12.5. The Labute approximate surface area is 133 Å². The topological polar surface area (TPSA) is 97.5 Å². The van der Waals surface area contributed by atoms with Gasteiger partial charge in [-0.1, -0.05) is 19.1 Å². The van der Waals surface area contributed by atoms with Crippen LogP contribution in [0.4, 0.5) is 0 Å². The van der Waals surface area contributed by atoms with E-state index in [4.69, 9.17) is 5.73 Å². The molecule has 6 nitrogen and oxygen atoms in total. The lowest BCUT2D eigenvalue weighted by atomic mass is 9.90. The fraction of sp³-hybridized carbons (Fsp3) is 0.412. The van der Waals surface area contributed by atoms with Crippen LogP contribution in [0.25, 0.3) is 0 Å². The van der Waals surface area contributed by atoms with Crippen LogP contribution < -0.4 is 5.73 Å². The average Bonchev–Trinajstić information content (AvgIpc) is 3.29. The van der Waals surface area contributed by atoms with Crippen molar-refractivity contribution in [2.45, 2.75) is 38.6 Å². The third-order valence-electron chi connectivity index (χ3n) is 4.82. The third kappa shape index (κ3) is 2.34. The third-order valence-corrected chi connectivity index (χ3v) is 4.82. The number of nitrogens with zero attached hydrogens (tertiary/aromatic N) is 1. The highest BCUT2D eigenvalue weighted by Gasteiger charge is 2.53. The number of amides is 3. The van der Waals surface area contributed by atoms with E-state index in [0.29, 0.717) is 19.3 Å². The Morgan fingerprint density at radius 3 is 2.09 bits per heavy atom. The summed E-state index contributed by atoms with van der Waals surface area (Å²) in [5, 5.41) is 0. The molecule has 1 aromatic rings. The van der Waals surface area contributed by atoms with Crippen LogP contribution in [0.1, 0.15) is 53.3 Å². The Hall–Kier alpha value is -2.50. The van der Waals surface area contributed by atoms with Gasteiger partial charge >= 0.3 is 0 Å². The number of carbonyl (C=O) groups is 4. The van der Waals surface area contributed by atoms with E-state index >= 15 is 0 Å². The number of primary amides is 1. The molecule has 2 N–H and O–H groups in total. The monoisotopic (exact) mass is 314 g/mol. The summed E-state index contributed by atoms with van der Waals surface area (Å²) in [4.78, 5) is 50.0. The Kier molecular flexibility index (Phi) is 3.55. The van der Waals surface area contributed by atoms with Gasteiger partial charge in [0.25, 0.3) is 11.8 Å². The zero-order valence-electron chi connectivity index (χ0n) is 12.9. The van der Waals surface area contributed by atoms with Crippen LogP contribution in [0, 0.1) is 5.41 Å². The number of Topliss-reactive ketones (excluding diaryl/α,β-unsaturated/α-hetero) is 1. The smallest absolute Gasteiger partial charge is 0.262 e. The van der Waals surface area contributed by atoms with Gasteiger partial charge in [-0.05, 0) is 31.4 Å². The van der Waals surface area contributed by atoms with E-state index in [0.717, 1.165) is 4.90 Å². The molecular formula is C17H18N2O4. The number of nitrogens with two attached hydrogens (primary N) is 1. The second-order valence-corrected chi connectivity index (χ2v) is 6.21. The summed E-state index contributed by atoms with van der Waals surface area (Å²) in [5.74, 6) is -1.74. The van der Waals surface area contributed by atoms with E-state index in [2.05, 4.69) is 0 Å². The predicted molar refractivity (Wildman–Crippen MR) is 81.5 cm³/mol. The number of imide groups is 1. The molecule has 1 heterocycles. The van der Waals surface area contributed by atoms with Gasteiger partial charge < -0.3 is 5.73 Å². The van der Waals surface area contributed by atoms with E-state index in [-0.39, 0.29) is 23.3 Å². The summed E-state index contributed by atoms with van der Waals surface area (Å²) in [6.07, 6.45) is 1.84. The van der Waals surface area contributed by atoms with Crippen molar-refractivity contribution in [1.29, 1.82) is 0 Å². The molecule has 0 aromatic heterocycles. The predicted octanol–water partition coefficient (Wildman–Crippen LogP) is 1.29. The van der Waals surface area contributed by atoms with Crippen molar-refractivity contribution in [2.75, 3.05) is 0 Å². The van der Waals surface area contributed by atoms with Crippen LogP contribution in [0.5, 0.6) is 0 Å². The largest absolute Gasteiger partial charge is 0.368 e. The van der Waals surface area contributed by atoms with E-state index in [9.17, 15) is 19.2 Å². The maximum absolute atomic E-state index is 12.5. The van der Waals surface area contributed by atoms with Crippen LogP contribution in [-0.4, -0.2) is 34.4 Å². The number of benzene rings is 1. The van der Waals surface area contributed by atoms with Crippen molar-refractivity contribution < 1.29 is 19.2 Å². The summed E-state index contributed by atoms with van der Waals surface area (Å²) in [5.41, 5.74) is 5.40. The van der Waals surface area contributed by atoms with Gasteiger partial charge in [0.1, 0.15) is 11.8 Å². The summed E-state index contributed by atoms with van der Waals surface area (Å²) >= 11 is 0. The van der Waals surface area contributed by atoms with Crippen molar-refractivity contribution in [1.82, 2.24) is 4.90 Å². The average molecular weight is 314 g/mol. The van der Waals surface area contributed by atoms with Crippen molar-refractivity contribution in [3.05, 3.63) is 35.4 Å². The fourth-order valence-corrected chi connectivity index (χ4v) is 3.30. The van der Waals surface area contributed by atoms with Crippen molar-refractivity contribution in [3.8, 4) is 0 Å². The highest BCUT2D eigenvalue weighted by molar-refractivity contribution is 6.22. The van der Waals surface area contributed by atoms with Gasteiger partial charge in [-0.25, -0.2) is 0 Å². The van der Waals surface area contributed by atoms with Gasteiger partial charge in [-0.2, -0.15) is 0 Å². The number of rotatable bonds is 6. The first-order valence-electron chi connectivity index (χ1n) is 7.71. The highest BCUT2D eigenvalue weighted by Crippen LogP contribution is 2.52. The van der Waals surface area contributed by atoms with E-state index in [1.54, 1.807) is 31.2 Å². The number of carbonyl (C=O) groups excluding carboxylic acids is 4. The molecule has 1 unspecified atom stereocenters. The molecule has 120 valence electrons. The van der Waals surface area contributed by atoms with Gasteiger partial charge in [-0.15, -0.1) is 0 Å². The van der Waals surface area contributed by atoms with Crippen molar-refractivity contribution in [2.24, 2.45) is 11.1 Å². The van der Waals surface area contributed by atoms with Crippen LogP contribution in [0.2, 0.25) is 0 Å². The lowest BCUT2D eigenvalue weighted by Crippen LogP contribution is -2.49. The molecule has 1 aromatic carbocycles. The maximum Gasteiger partial charge on any atom is 0.262 e. The molecule has 0 radical (unpaired) electrons. The van der Waals surface area contributed by atoms with Gasteiger partial charge in [0.15, 0.2) is 0 Å². The first kappa shape index (κ1) is 15.4. The molecule has 1 atom stereocenters. The molecule has 1 fully saturated rings. The van der Waals surface area contributed by atoms with E-state index in [1.807, 2.05) is 0 Å². The number of fused-ring (bicyclic) bond motifs is 1. The summed E-state index contributed by atoms with van der Waals surface area (Å²) in [6.45, 7) is 1.77. The van der Waals surface area contributed by atoms with Crippen LogP contribution in [0.15, 0.2) is 24.3 Å². The summed E-state index contributed by atoms with van der Waals surface area (Å²) in [7, 11) is 0. The zero-order valence-corrected chi connectivity index (χ0v) is 12.9. The first-order chi connectivity index (χ1) is 10.9. The standard InChI is InChI=1S/C17H18N2O4/c1-2-13(20)17(7-8-17)9-12(14(18)21)19-15(22)10-5-3-4-6-11(10)16(19)23/h3-6,12H,2,7-9H2,1H3,(H2,18,21). The zero-order chi connectivity index (χ0) is 16.8. The minimum absolute atomic E-state index is 0.0559. The molecule has 0 saturated heterocycles. The highest BCUT2D eigenvalue weighted by atomic mass is 16.2. The quantitative estimate of drug-likeness (QED) is 0.800. The second-order valence-electron chi connectivity index (χ2n) is 6.21. The van der Waals surface area contributed by atoms with Gasteiger partial charge in [-0.3, -0.25) is 24.1 Å². The first-order valence-corrected chi connectivity index (χ1v) is 7.71. The van der Waals surface area contributed by atoms with Crippen LogP contribution in [0.3, 0.4) is 0 Å². The molecule has 6 heteroatoms. The Morgan fingerprint density at radius 2 is 1.70 bits per heavy atom. The Balaban J connectivity index is 1.92. The summed E-state index contributed by atoms with van der Waals surface area (Å²) in [6, 6.07) is 5.35. The molecule has 1 aliphatic heterocycles. The van der Waals surface area contributed by atoms with Crippen LogP contribution >= 0.6 is 0 Å². The SMILES string of the molecule is CCC(=O)C1(CC(C(N)=O)N2C(=O)c3ccccc3C2=O)CC1. The number of hydrogen-bond donors (Lipinski definition) is 1. The van der Waals surface area contributed by atoms with Gasteiger partial charge in [0.2, 0.25) is 5.91 Å². The number of ketones is 1. The molecule has 1 saturated carbocycles. The van der Waals surface area contributed by atoms with Gasteiger partial charge in [0, 0.05) is 11.8 Å². The van der Waals surface area contributed by atoms with E-state index < -0.39 is 29.2 Å². The Bertz CT molecular complexity index is 686. The van der Waals surface area contributed by atoms with Crippen LogP contribution in [-0.2, 0) is 9.59 Å². The van der Waals surface area contributed by atoms with E-state index in [1.165, 1.54) is 0 Å². The molecule has 23 heavy (non-hydrogen) atoms. The van der Waals surface area contributed by atoms with Gasteiger partial charge in [0.05, 0.1) is 11.1 Å².